The molecule has 2 rings (SSSR count). The van der Waals surface area contributed by atoms with Crippen LogP contribution >= 0.6 is 0 Å². The molecule has 7 heteroatoms. The molecule has 0 amide bonds. The molecule has 19 heavy (non-hydrogen) atoms. The Hall–Kier alpha value is -1.60. The Morgan fingerprint density at radius 2 is 2.11 bits per heavy atom. The molecule has 0 saturated heterocycles. The second kappa shape index (κ2) is 5.58. The highest BCUT2D eigenvalue weighted by molar-refractivity contribution is 5.39. The third kappa shape index (κ3) is 3.93. The monoisotopic (exact) mass is 273 g/mol. The summed E-state index contributed by atoms with van der Waals surface area (Å²) in [4.78, 5) is 5.36. The van der Waals surface area contributed by atoms with Crippen molar-refractivity contribution in [2.24, 2.45) is 0 Å². The van der Waals surface area contributed by atoms with Crippen LogP contribution in [0.15, 0.2) is 30.6 Å². The van der Waals surface area contributed by atoms with E-state index < -0.39 is 12.7 Å². The Labute approximate surface area is 108 Å². The maximum atomic E-state index is 12.4. The van der Waals surface area contributed by atoms with Crippen LogP contribution in [-0.2, 0) is 6.54 Å². The van der Waals surface area contributed by atoms with Gasteiger partial charge < -0.3 is 9.51 Å². The fourth-order valence-corrected chi connectivity index (χ4v) is 1.90. The quantitative estimate of drug-likeness (QED) is 0.901. The van der Waals surface area contributed by atoms with Gasteiger partial charge in [0.1, 0.15) is 5.65 Å². The molecule has 0 spiro atoms. The lowest BCUT2D eigenvalue weighted by Crippen LogP contribution is -2.35. The third-order valence-corrected chi connectivity index (χ3v) is 2.62. The summed E-state index contributed by atoms with van der Waals surface area (Å²) in [6.07, 6.45) is -0.809. The van der Waals surface area contributed by atoms with Gasteiger partial charge in [0.15, 0.2) is 0 Å². The van der Waals surface area contributed by atoms with E-state index in [0.717, 1.165) is 4.90 Å². The molecular formula is C12H14F3N3O. The molecule has 0 atom stereocenters. The number of pyridine rings is 1. The first-order chi connectivity index (χ1) is 8.98. The molecule has 4 nitrogen and oxygen atoms in total. The lowest BCUT2D eigenvalue weighted by atomic mass is 10.4. The van der Waals surface area contributed by atoms with E-state index in [-0.39, 0.29) is 19.7 Å². The van der Waals surface area contributed by atoms with E-state index in [2.05, 4.69) is 4.98 Å². The lowest BCUT2D eigenvalue weighted by Gasteiger charge is -2.21. The highest BCUT2D eigenvalue weighted by atomic mass is 19.4. The predicted octanol–water partition coefficient (Wildman–Crippen LogP) is 1.69. The molecule has 0 aliphatic heterocycles. The van der Waals surface area contributed by atoms with E-state index in [4.69, 9.17) is 5.11 Å². The zero-order valence-corrected chi connectivity index (χ0v) is 10.1. The average molecular weight is 273 g/mol. The van der Waals surface area contributed by atoms with Crippen molar-refractivity contribution in [2.45, 2.75) is 12.7 Å². The Morgan fingerprint density at radius 1 is 1.32 bits per heavy atom. The van der Waals surface area contributed by atoms with Gasteiger partial charge in [-0.2, -0.15) is 13.2 Å². The van der Waals surface area contributed by atoms with Gasteiger partial charge in [-0.05, 0) is 12.1 Å². The summed E-state index contributed by atoms with van der Waals surface area (Å²) >= 11 is 0. The standard InChI is InChI=1S/C12H14F3N3O/c13-12(14,15)9-17(5-6-19)7-10-8-18-4-2-1-3-11(18)16-10/h1-4,8,19H,5-7,9H2. The van der Waals surface area contributed by atoms with Crippen LogP contribution in [0, 0.1) is 0 Å². The summed E-state index contributed by atoms with van der Waals surface area (Å²) in [5.41, 5.74) is 1.23. The van der Waals surface area contributed by atoms with Gasteiger partial charge in [0.2, 0.25) is 0 Å². The van der Waals surface area contributed by atoms with Gasteiger partial charge in [0.25, 0.3) is 0 Å². The van der Waals surface area contributed by atoms with E-state index in [1.807, 2.05) is 12.1 Å². The first kappa shape index (κ1) is 13.8. The van der Waals surface area contributed by atoms with Crippen LogP contribution in [0.5, 0.6) is 0 Å². The summed E-state index contributed by atoms with van der Waals surface area (Å²) in [6, 6.07) is 5.41. The number of nitrogens with zero attached hydrogens (tertiary/aromatic N) is 3. The van der Waals surface area contributed by atoms with Crippen molar-refractivity contribution in [3.63, 3.8) is 0 Å². The summed E-state index contributed by atoms with van der Waals surface area (Å²) in [5, 5.41) is 8.82. The number of aliphatic hydroxyl groups is 1. The van der Waals surface area contributed by atoms with E-state index >= 15 is 0 Å². The van der Waals surface area contributed by atoms with Gasteiger partial charge >= 0.3 is 6.18 Å². The minimum atomic E-state index is -4.28. The molecule has 0 unspecified atom stereocenters. The number of imidazole rings is 1. The zero-order valence-electron chi connectivity index (χ0n) is 10.1. The van der Waals surface area contributed by atoms with Gasteiger partial charge in [-0.25, -0.2) is 4.98 Å². The van der Waals surface area contributed by atoms with E-state index in [0.29, 0.717) is 11.3 Å². The topological polar surface area (TPSA) is 40.8 Å². The molecule has 0 bridgehead atoms. The minimum Gasteiger partial charge on any atom is -0.395 e. The first-order valence-corrected chi connectivity index (χ1v) is 5.80. The number of aliphatic hydroxyl groups excluding tert-OH is 1. The van der Waals surface area contributed by atoms with Gasteiger partial charge in [0, 0.05) is 25.5 Å². The van der Waals surface area contributed by atoms with Crippen LogP contribution in [0.1, 0.15) is 5.69 Å². The van der Waals surface area contributed by atoms with Crippen molar-refractivity contribution in [3.8, 4) is 0 Å². The number of hydrogen-bond donors (Lipinski definition) is 1. The third-order valence-electron chi connectivity index (χ3n) is 2.62. The summed E-state index contributed by atoms with van der Waals surface area (Å²) in [6.45, 7) is -1.35. The minimum absolute atomic E-state index is 0.0343. The van der Waals surface area contributed by atoms with Crippen LogP contribution in [0.3, 0.4) is 0 Å². The summed E-state index contributed by atoms with van der Waals surface area (Å²) in [5.74, 6) is 0. The normalized spacial score (nSPS) is 12.5. The molecule has 0 fully saturated rings. The number of fused-ring (bicyclic) bond motifs is 1. The first-order valence-electron chi connectivity index (χ1n) is 5.80. The molecule has 2 aromatic heterocycles. The van der Waals surface area contributed by atoms with Crippen LogP contribution in [0.2, 0.25) is 0 Å². The smallest absolute Gasteiger partial charge is 0.395 e. The fraction of sp³-hybridized carbons (Fsp3) is 0.417. The number of rotatable bonds is 5. The molecule has 0 aromatic carbocycles. The predicted molar refractivity (Wildman–Crippen MR) is 63.6 cm³/mol. The van der Waals surface area contributed by atoms with Gasteiger partial charge in [-0.15, -0.1) is 0 Å². The maximum Gasteiger partial charge on any atom is 0.401 e. The van der Waals surface area contributed by atoms with Crippen molar-refractivity contribution in [1.82, 2.24) is 14.3 Å². The van der Waals surface area contributed by atoms with Crippen molar-refractivity contribution in [2.75, 3.05) is 19.7 Å². The Morgan fingerprint density at radius 3 is 2.74 bits per heavy atom. The molecule has 104 valence electrons. The van der Waals surface area contributed by atoms with Gasteiger partial charge in [-0.3, -0.25) is 4.90 Å². The average Bonchev–Trinajstić information content (AvgIpc) is 2.69. The summed E-state index contributed by atoms with van der Waals surface area (Å²) in [7, 11) is 0. The Kier molecular flexibility index (Phi) is 4.06. The van der Waals surface area contributed by atoms with Crippen LogP contribution in [-0.4, -0.2) is 45.3 Å². The van der Waals surface area contributed by atoms with Crippen LogP contribution < -0.4 is 0 Å². The highest BCUT2D eigenvalue weighted by Gasteiger charge is 2.30. The second-order valence-electron chi connectivity index (χ2n) is 4.25. The van der Waals surface area contributed by atoms with Crippen molar-refractivity contribution in [1.29, 1.82) is 0 Å². The number of alkyl halides is 3. The largest absolute Gasteiger partial charge is 0.401 e. The molecule has 0 aliphatic rings. The molecule has 0 saturated carbocycles. The maximum absolute atomic E-state index is 12.4. The van der Waals surface area contributed by atoms with E-state index in [1.54, 1.807) is 22.9 Å². The number of hydrogen-bond acceptors (Lipinski definition) is 3. The SMILES string of the molecule is OCCN(Cc1cn2ccccc2n1)CC(F)(F)F. The van der Waals surface area contributed by atoms with Crippen molar-refractivity contribution < 1.29 is 18.3 Å². The van der Waals surface area contributed by atoms with E-state index in [9.17, 15) is 13.2 Å². The number of aromatic nitrogens is 2. The van der Waals surface area contributed by atoms with Crippen LogP contribution in [0.4, 0.5) is 13.2 Å². The van der Waals surface area contributed by atoms with E-state index in [1.165, 1.54) is 0 Å². The molecular weight excluding hydrogens is 259 g/mol. The fourth-order valence-electron chi connectivity index (χ4n) is 1.90. The molecule has 0 radical (unpaired) electrons. The van der Waals surface area contributed by atoms with Gasteiger partial charge in [-0.1, -0.05) is 6.07 Å². The second-order valence-corrected chi connectivity index (χ2v) is 4.25. The lowest BCUT2D eigenvalue weighted by molar-refractivity contribution is -0.148. The Bertz CT molecular complexity index is 505. The van der Waals surface area contributed by atoms with Crippen molar-refractivity contribution in [3.05, 3.63) is 36.3 Å². The van der Waals surface area contributed by atoms with Crippen molar-refractivity contribution >= 4 is 5.65 Å². The number of halogens is 3. The molecule has 0 aliphatic carbocycles. The summed E-state index contributed by atoms with van der Waals surface area (Å²) < 4.78 is 38.9. The van der Waals surface area contributed by atoms with Gasteiger partial charge in [0.05, 0.1) is 18.8 Å². The van der Waals surface area contributed by atoms with Crippen LogP contribution in [0.25, 0.3) is 5.65 Å². The molecule has 1 N–H and O–H groups in total. The Balaban J connectivity index is 2.11. The molecule has 2 aromatic rings. The highest BCUT2D eigenvalue weighted by Crippen LogP contribution is 2.18. The zero-order chi connectivity index (χ0) is 13.9. The molecule has 2 heterocycles.